The molecular formula is C27H31BN. The van der Waals surface area contributed by atoms with Gasteiger partial charge in [-0.2, -0.15) is 0 Å². The number of pyridine rings is 1. The van der Waals surface area contributed by atoms with E-state index in [1.165, 1.54) is 77.7 Å². The predicted octanol–water partition coefficient (Wildman–Crippen LogP) is 5.47. The van der Waals surface area contributed by atoms with E-state index in [1.54, 1.807) is 0 Å². The molecule has 0 amide bonds. The Bertz CT molecular complexity index is 1210. The van der Waals surface area contributed by atoms with E-state index in [0.29, 0.717) is 0 Å². The highest BCUT2D eigenvalue weighted by Gasteiger charge is 2.29. The number of nitrogens with zero attached hydrogens (tertiary/aromatic N) is 1. The lowest BCUT2D eigenvalue weighted by Gasteiger charge is -2.20. The van der Waals surface area contributed by atoms with Crippen LogP contribution in [0.3, 0.4) is 0 Å². The summed E-state index contributed by atoms with van der Waals surface area (Å²) in [4.78, 5) is 5.03. The third-order valence-electron chi connectivity index (χ3n) is 7.66. The predicted molar refractivity (Wildman–Crippen MR) is 128 cm³/mol. The van der Waals surface area contributed by atoms with Gasteiger partial charge in [-0.3, -0.25) is 4.98 Å². The molecule has 0 bridgehead atoms. The Labute approximate surface area is 176 Å². The number of benzene rings is 2. The molecular weight excluding hydrogens is 349 g/mol. The SMILES string of the molecule is Cc1cc(-c2nc(C)c(C)c(C)c2C)c(C)c2c1-c1c(C)c(C)c(C)c(C)c1[B]2. The summed E-state index contributed by atoms with van der Waals surface area (Å²) in [6.45, 7) is 22.3. The Morgan fingerprint density at radius 1 is 0.552 bits per heavy atom. The van der Waals surface area contributed by atoms with E-state index < -0.39 is 0 Å². The highest BCUT2D eigenvalue weighted by atomic mass is 14.7. The first-order valence-corrected chi connectivity index (χ1v) is 10.6. The van der Waals surface area contributed by atoms with Crippen LogP contribution in [0.25, 0.3) is 22.4 Å². The van der Waals surface area contributed by atoms with Gasteiger partial charge in [-0.05, 0) is 131 Å². The van der Waals surface area contributed by atoms with E-state index >= 15 is 0 Å². The summed E-state index contributed by atoms with van der Waals surface area (Å²) in [5, 5.41) is 0. The maximum Gasteiger partial charge on any atom is 0.193 e. The Morgan fingerprint density at radius 2 is 1.10 bits per heavy atom. The Balaban J connectivity index is 2.04. The molecule has 2 heteroatoms. The fourth-order valence-corrected chi connectivity index (χ4v) is 5.02. The van der Waals surface area contributed by atoms with Crippen molar-refractivity contribution in [2.75, 3.05) is 0 Å². The first kappa shape index (κ1) is 19.9. The molecule has 0 unspecified atom stereocenters. The summed E-state index contributed by atoms with van der Waals surface area (Å²) in [7, 11) is 2.43. The Morgan fingerprint density at radius 3 is 1.76 bits per heavy atom. The Kier molecular flexibility index (Phi) is 4.53. The van der Waals surface area contributed by atoms with Crippen LogP contribution in [0.4, 0.5) is 0 Å². The van der Waals surface area contributed by atoms with Crippen LogP contribution in [-0.4, -0.2) is 12.3 Å². The standard InChI is InChI=1S/C27H31BN/c1-12-11-22(27-19(8)15(4)16(5)21(10)29-27)20(9)26-23(12)24-17(6)13(2)14(3)18(7)25(24)28-26/h11H,1-10H3. The number of hydrogen-bond acceptors (Lipinski definition) is 1. The van der Waals surface area contributed by atoms with Crippen molar-refractivity contribution < 1.29 is 0 Å². The maximum atomic E-state index is 5.03. The molecule has 0 spiro atoms. The van der Waals surface area contributed by atoms with Gasteiger partial charge in [0.05, 0.1) is 5.69 Å². The first-order valence-electron chi connectivity index (χ1n) is 10.6. The summed E-state index contributed by atoms with van der Waals surface area (Å²) < 4.78 is 0. The molecule has 1 aliphatic rings. The summed E-state index contributed by atoms with van der Waals surface area (Å²) in [5.74, 6) is 0. The second-order valence-electron chi connectivity index (χ2n) is 9.01. The smallest absolute Gasteiger partial charge is 0.193 e. The number of aromatic nitrogens is 1. The van der Waals surface area contributed by atoms with Crippen molar-refractivity contribution in [1.82, 2.24) is 4.98 Å². The van der Waals surface area contributed by atoms with Gasteiger partial charge < -0.3 is 0 Å². The highest BCUT2D eigenvalue weighted by molar-refractivity contribution is 6.74. The van der Waals surface area contributed by atoms with Gasteiger partial charge in [0.15, 0.2) is 7.28 Å². The van der Waals surface area contributed by atoms with Crippen molar-refractivity contribution in [3.63, 3.8) is 0 Å². The fourth-order valence-electron chi connectivity index (χ4n) is 5.02. The van der Waals surface area contributed by atoms with Crippen LogP contribution in [0, 0.1) is 69.2 Å². The van der Waals surface area contributed by atoms with Gasteiger partial charge in [-0.15, -0.1) is 0 Å². The summed E-state index contributed by atoms with van der Waals surface area (Å²) >= 11 is 0. The lowest BCUT2D eigenvalue weighted by molar-refractivity contribution is 1.09. The van der Waals surface area contributed by atoms with Gasteiger partial charge in [0.25, 0.3) is 0 Å². The molecule has 1 nitrogen and oxygen atoms in total. The summed E-state index contributed by atoms with van der Waals surface area (Å²) in [6.07, 6.45) is 0. The van der Waals surface area contributed by atoms with Gasteiger partial charge in [-0.25, -0.2) is 0 Å². The molecule has 0 saturated heterocycles. The Hall–Kier alpha value is -2.35. The van der Waals surface area contributed by atoms with Crippen molar-refractivity contribution in [1.29, 1.82) is 0 Å². The van der Waals surface area contributed by atoms with Crippen LogP contribution in [0.2, 0.25) is 0 Å². The molecule has 2 heterocycles. The largest absolute Gasteiger partial charge is 0.253 e. The number of hydrogen-bond donors (Lipinski definition) is 0. The molecule has 0 fully saturated rings. The zero-order valence-corrected chi connectivity index (χ0v) is 19.6. The van der Waals surface area contributed by atoms with Crippen LogP contribution in [0.5, 0.6) is 0 Å². The molecule has 4 rings (SSSR count). The molecule has 29 heavy (non-hydrogen) atoms. The van der Waals surface area contributed by atoms with Crippen LogP contribution in [-0.2, 0) is 0 Å². The molecule has 0 saturated carbocycles. The van der Waals surface area contributed by atoms with E-state index in [0.717, 1.165) is 11.4 Å². The molecule has 147 valence electrons. The van der Waals surface area contributed by atoms with Gasteiger partial charge >= 0.3 is 0 Å². The third kappa shape index (κ3) is 2.65. The minimum Gasteiger partial charge on any atom is -0.253 e. The lowest BCUT2D eigenvalue weighted by Crippen LogP contribution is -2.27. The van der Waals surface area contributed by atoms with E-state index in [9.17, 15) is 0 Å². The third-order valence-corrected chi connectivity index (χ3v) is 7.66. The van der Waals surface area contributed by atoms with Crippen molar-refractivity contribution in [2.45, 2.75) is 69.2 Å². The van der Waals surface area contributed by atoms with Crippen molar-refractivity contribution in [3.05, 3.63) is 61.8 Å². The van der Waals surface area contributed by atoms with E-state index in [-0.39, 0.29) is 0 Å². The normalized spacial score (nSPS) is 12.1. The molecule has 3 aromatic rings. The topological polar surface area (TPSA) is 12.9 Å². The zero-order valence-electron chi connectivity index (χ0n) is 19.6. The van der Waals surface area contributed by atoms with Crippen molar-refractivity contribution >= 4 is 18.2 Å². The molecule has 2 aromatic carbocycles. The second-order valence-corrected chi connectivity index (χ2v) is 9.01. The van der Waals surface area contributed by atoms with E-state index in [2.05, 4.69) is 82.6 Å². The monoisotopic (exact) mass is 380 g/mol. The van der Waals surface area contributed by atoms with Gasteiger partial charge in [0, 0.05) is 11.3 Å². The van der Waals surface area contributed by atoms with Crippen molar-refractivity contribution in [3.8, 4) is 22.4 Å². The quantitative estimate of drug-likeness (QED) is 0.399. The molecule has 0 N–H and O–H groups in total. The van der Waals surface area contributed by atoms with Gasteiger partial charge in [0.1, 0.15) is 0 Å². The average molecular weight is 380 g/mol. The zero-order chi connectivity index (χ0) is 21.4. The van der Waals surface area contributed by atoms with E-state index in [1.807, 2.05) is 0 Å². The van der Waals surface area contributed by atoms with Crippen LogP contribution >= 0.6 is 0 Å². The minimum atomic E-state index is 1.13. The number of aryl methyl sites for hydroxylation is 2. The second kappa shape index (κ2) is 6.59. The number of fused-ring (bicyclic) bond motifs is 3. The van der Waals surface area contributed by atoms with Crippen LogP contribution in [0.1, 0.15) is 55.8 Å². The first-order chi connectivity index (χ1) is 13.6. The van der Waals surface area contributed by atoms with Gasteiger partial charge in [0.2, 0.25) is 0 Å². The number of rotatable bonds is 1. The molecule has 1 aliphatic heterocycles. The average Bonchev–Trinajstić information content (AvgIpc) is 3.10. The fraction of sp³-hybridized carbons (Fsp3) is 0.370. The maximum absolute atomic E-state index is 5.03. The minimum absolute atomic E-state index is 1.13. The van der Waals surface area contributed by atoms with Crippen LogP contribution in [0.15, 0.2) is 6.07 Å². The van der Waals surface area contributed by atoms with Gasteiger partial charge in [-0.1, -0.05) is 16.5 Å². The highest BCUT2D eigenvalue weighted by Crippen LogP contribution is 2.37. The lowest BCUT2D eigenvalue weighted by atomic mass is 9.63. The van der Waals surface area contributed by atoms with Crippen molar-refractivity contribution in [2.24, 2.45) is 0 Å². The van der Waals surface area contributed by atoms with Crippen LogP contribution < -0.4 is 10.9 Å². The molecule has 0 atom stereocenters. The van der Waals surface area contributed by atoms with E-state index in [4.69, 9.17) is 4.98 Å². The summed E-state index contributed by atoms with van der Waals surface area (Å²) in [6, 6.07) is 2.37. The molecule has 0 aliphatic carbocycles. The summed E-state index contributed by atoms with van der Waals surface area (Å²) in [5.41, 5.74) is 21.5. The molecule has 1 radical (unpaired) electrons. The molecule has 1 aromatic heterocycles.